The minimum absolute atomic E-state index is 1.08. The molecule has 1 aromatic heterocycles. The van der Waals surface area contributed by atoms with Crippen molar-refractivity contribution in [1.82, 2.24) is 4.57 Å². The van der Waals surface area contributed by atoms with Crippen LogP contribution in [0.3, 0.4) is 0 Å². The maximum atomic E-state index is 2.47. The summed E-state index contributed by atoms with van der Waals surface area (Å²) in [5.74, 6) is 0. The molecule has 0 saturated heterocycles. The Morgan fingerprint density at radius 1 is 0.274 bits per heavy atom. The molecule has 0 radical (unpaired) electrons. The predicted octanol–water partition coefficient (Wildman–Crippen LogP) is 16.7. The Kier molecular flexibility index (Phi) is 8.53. The molecule has 0 saturated carbocycles. The lowest BCUT2D eigenvalue weighted by molar-refractivity contribution is 1.19. The first-order valence-electron chi connectivity index (χ1n) is 21.3. The van der Waals surface area contributed by atoms with Gasteiger partial charge in [0.05, 0.1) is 28.1 Å². The summed E-state index contributed by atoms with van der Waals surface area (Å²) in [4.78, 5) is 2.47. The standard InChI is InChI=1S/C60H40N2/c1-3-15-41(16-4-1)44-29-32-50(33-30-44)61(59-34-31-48(42-17-5-2-6-18-42)38-54(59)49-28-27-43-19-7-8-20-45(43)37-49)57-35-36-58(52-24-12-11-23-51(52)57)62-56-26-14-13-25-53(56)55-39-46-21-9-10-22-47(46)40-60(55)62/h1-40H. The zero-order chi connectivity index (χ0) is 41.0. The molecule has 12 rings (SSSR count). The van der Waals surface area contributed by atoms with Gasteiger partial charge in [-0.3, -0.25) is 0 Å². The Bertz CT molecular complexity index is 3620. The van der Waals surface area contributed by atoms with Crippen LogP contribution in [0, 0.1) is 0 Å². The highest BCUT2D eigenvalue weighted by atomic mass is 15.1. The van der Waals surface area contributed by atoms with E-state index in [4.69, 9.17) is 0 Å². The van der Waals surface area contributed by atoms with Gasteiger partial charge in [0.2, 0.25) is 0 Å². The SMILES string of the molecule is c1ccc(-c2ccc(N(c3ccc(-c4ccccc4)cc3-c3ccc4ccccc4c3)c3ccc(-n4c5ccccc5c5cc6ccccc6cc54)c4ccccc34)cc2)cc1. The van der Waals surface area contributed by atoms with Crippen LogP contribution < -0.4 is 4.90 Å². The van der Waals surface area contributed by atoms with E-state index in [2.05, 4.69) is 252 Å². The summed E-state index contributed by atoms with van der Waals surface area (Å²) in [6.45, 7) is 0. The van der Waals surface area contributed by atoms with Crippen molar-refractivity contribution in [3.05, 3.63) is 243 Å². The van der Waals surface area contributed by atoms with Gasteiger partial charge in [0.25, 0.3) is 0 Å². The van der Waals surface area contributed by atoms with E-state index in [9.17, 15) is 0 Å². The normalized spacial score (nSPS) is 11.5. The molecule has 0 fully saturated rings. The summed E-state index contributed by atoms with van der Waals surface area (Å²) in [5, 5.41) is 9.78. The van der Waals surface area contributed by atoms with Gasteiger partial charge < -0.3 is 9.47 Å². The Morgan fingerprint density at radius 3 is 1.55 bits per heavy atom. The fraction of sp³-hybridized carbons (Fsp3) is 0. The number of anilines is 3. The summed E-state index contributed by atoms with van der Waals surface area (Å²) >= 11 is 0. The minimum atomic E-state index is 1.08. The van der Waals surface area contributed by atoms with E-state index < -0.39 is 0 Å². The van der Waals surface area contributed by atoms with Crippen LogP contribution in [-0.4, -0.2) is 4.57 Å². The first-order valence-corrected chi connectivity index (χ1v) is 21.3. The van der Waals surface area contributed by atoms with Crippen LogP contribution >= 0.6 is 0 Å². The fourth-order valence-electron chi connectivity index (χ4n) is 9.54. The molecule has 0 aliphatic heterocycles. The zero-order valence-corrected chi connectivity index (χ0v) is 34.0. The first-order chi connectivity index (χ1) is 30.7. The van der Waals surface area contributed by atoms with Gasteiger partial charge in [0, 0.05) is 32.8 Å². The van der Waals surface area contributed by atoms with Gasteiger partial charge in [0.1, 0.15) is 0 Å². The number of rotatable bonds is 7. The molecule has 0 atom stereocenters. The molecule has 2 heteroatoms. The van der Waals surface area contributed by atoms with Crippen LogP contribution in [-0.2, 0) is 0 Å². The van der Waals surface area contributed by atoms with Crippen LogP contribution in [0.25, 0.3) is 93.2 Å². The number of hydrogen-bond donors (Lipinski definition) is 0. The number of hydrogen-bond acceptors (Lipinski definition) is 1. The highest BCUT2D eigenvalue weighted by Crippen LogP contribution is 2.47. The molecule has 0 spiro atoms. The highest BCUT2D eigenvalue weighted by Gasteiger charge is 2.23. The van der Waals surface area contributed by atoms with Gasteiger partial charge in [-0.1, -0.05) is 182 Å². The van der Waals surface area contributed by atoms with E-state index in [0.717, 1.165) is 28.3 Å². The Labute approximate surface area is 360 Å². The zero-order valence-electron chi connectivity index (χ0n) is 34.0. The average Bonchev–Trinajstić information content (AvgIpc) is 3.66. The van der Waals surface area contributed by atoms with Crippen molar-refractivity contribution in [3.8, 4) is 39.1 Å². The maximum absolute atomic E-state index is 2.47. The van der Waals surface area contributed by atoms with E-state index in [-0.39, 0.29) is 0 Å². The second-order valence-electron chi connectivity index (χ2n) is 16.1. The monoisotopic (exact) mass is 788 g/mol. The lowest BCUT2D eigenvalue weighted by Gasteiger charge is -2.30. The molecule has 1 heterocycles. The molecular formula is C60H40N2. The van der Waals surface area contributed by atoms with Gasteiger partial charge in [-0.2, -0.15) is 0 Å². The third-order valence-electron chi connectivity index (χ3n) is 12.5. The summed E-state index contributed by atoms with van der Waals surface area (Å²) < 4.78 is 2.47. The second kappa shape index (κ2) is 14.8. The van der Waals surface area contributed by atoms with Gasteiger partial charge in [0.15, 0.2) is 0 Å². The van der Waals surface area contributed by atoms with Crippen LogP contribution in [0.4, 0.5) is 17.1 Å². The number of benzene rings is 11. The molecule has 0 amide bonds. The third-order valence-corrected chi connectivity index (χ3v) is 12.5. The Hall–Kier alpha value is -8.20. The second-order valence-corrected chi connectivity index (χ2v) is 16.1. The summed E-state index contributed by atoms with van der Waals surface area (Å²) in [5.41, 5.74) is 13.9. The van der Waals surface area contributed by atoms with Crippen molar-refractivity contribution in [2.75, 3.05) is 4.90 Å². The van der Waals surface area contributed by atoms with Crippen molar-refractivity contribution in [3.63, 3.8) is 0 Å². The molecule has 0 aliphatic rings. The summed E-state index contributed by atoms with van der Waals surface area (Å²) in [7, 11) is 0. The van der Waals surface area contributed by atoms with Crippen LogP contribution in [0.15, 0.2) is 243 Å². The van der Waals surface area contributed by atoms with E-state index >= 15 is 0 Å². The molecule has 2 nitrogen and oxygen atoms in total. The maximum Gasteiger partial charge on any atom is 0.0547 e. The third kappa shape index (κ3) is 6.04. The van der Waals surface area contributed by atoms with Crippen LogP contribution in [0.5, 0.6) is 0 Å². The van der Waals surface area contributed by atoms with Gasteiger partial charge >= 0.3 is 0 Å². The molecule has 0 aliphatic carbocycles. The molecule has 0 N–H and O–H groups in total. The van der Waals surface area contributed by atoms with E-state index in [1.54, 1.807) is 0 Å². The molecule has 62 heavy (non-hydrogen) atoms. The van der Waals surface area contributed by atoms with Crippen molar-refractivity contribution in [2.45, 2.75) is 0 Å². The Balaban J connectivity index is 1.12. The fourth-order valence-corrected chi connectivity index (χ4v) is 9.54. The molecule has 0 unspecified atom stereocenters. The van der Waals surface area contributed by atoms with E-state index in [1.165, 1.54) is 81.9 Å². The Morgan fingerprint density at radius 2 is 0.806 bits per heavy atom. The first kappa shape index (κ1) is 35.7. The lowest BCUT2D eigenvalue weighted by Crippen LogP contribution is -2.12. The van der Waals surface area contributed by atoms with Gasteiger partial charge in [-0.25, -0.2) is 0 Å². The number of para-hydroxylation sites is 1. The topological polar surface area (TPSA) is 8.17 Å². The van der Waals surface area contributed by atoms with Gasteiger partial charge in [-0.15, -0.1) is 0 Å². The molecule has 12 aromatic rings. The average molecular weight is 789 g/mol. The number of fused-ring (bicyclic) bond motifs is 6. The summed E-state index contributed by atoms with van der Waals surface area (Å²) in [6, 6.07) is 88.7. The van der Waals surface area contributed by atoms with Crippen LogP contribution in [0.2, 0.25) is 0 Å². The summed E-state index contributed by atoms with van der Waals surface area (Å²) in [6.07, 6.45) is 0. The van der Waals surface area contributed by atoms with Crippen molar-refractivity contribution < 1.29 is 0 Å². The smallest absolute Gasteiger partial charge is 0.0547 e. The number of nitrogens with zero attached hydrogens (tertiary/aromatic N) is 2. The molecule has 11 aromatic carbocycles. The van der Waals surface area contributed by atoms with Crippen molar-refractivity contribution in [2.24, 2.45) is 0 Å². The van der Waals surface area contributed by atoms with Crippen molar-refractivity contribution >= 4 is 71.2 Å². The molecule has 0 bridgehead atoms. The predicted molar refractivity (Wildman–Crippen MR) is 264 cm³/mol. The van der Waals surface area contributed by atoms with Crippen molar-refractivity contribution in [1.29, 1.82) is 0 Å². The van der Waals surface area contributed by atoms with Crippen LogP contribution in [0.1, 0.15) is 0 Å². The highest BCUT2D eigenvalue weighted by molar-refractivity contribution is 6.15. The lowest BCUT2D eigenvalue weighted by atomic mass is 9.94. The largest absolute Gasteiger partial charge is 0.309 e. The van der Waals surface area contributed by atoms with Gasteiger partial charge in [-0.05, 0) is 110 Å². The van der Waals surface area contributed by atoms with E-state index in [0.29, 0.717) is 0 Å². The van der Waals surface area contributed by atoms with E-state index in [1.807, 2.05) is 0 Å². The molecular weight excluding hydrogens is 749 g/mol. The molecule has 290 valence electrons. The minimum Gasteiger partial charge on any atom is -0.309 e. The number of aromatic nitrogens is 1. The quantitative estimate of drug-likeness (QED) is 0.156.